The molecular formula is C44H29N3O. The standard InChI is InChI=1S/C44H29N3O/c1-28-10-7-17-37-40-38(18-9-19-39(40)48-41(28)37)44-46-42(32-12-3-2-4-13-32)45-43(47-44)36-16-8-15-34(27-36)30-20-22-31(23-21-30)35-25-24-29-11-5-6-14-33(29)26-35/h2-27H,1H3. The summed E-state index contributed by atoms with van der Waals surface area (Å²) >= 11 is 0. The molecule has 0 saturated carbocycles. The van der Waals surface area contributed by atoms with Crippen molar-refractivity contribution in [2.75, 3.05) is 0 Å². The molecule has 2 heterocycles. The van der Waals surface area contributed by atoms with Crippen molar-refractivity contribution in [3.63, 3.8) is 0 Å². The summed E-state index contributed by atoms with van der Waals surface area (Å²) in [5.41, 5.74) is 10.2. The SMILES string of the molecule is Cc1cccc2c1oc1cccc(-c3nc(-c4ccccc4)nc(-c4cccc(-c5ccc(-c6ccc7ccccc7c6)cc5)c4)n3)c12. The van der Waals surface area contributed by atoms with Crippen molar-refractivity contribution >= 4 is 32.7 Å². The van der Waals surface area contributed by atoms with E-state index in [9.17, 15) is 0 Å². The number of fused-ring (bicyclic) bond motifs is 4. The molecule has 0 bridgehead atoms. The van der Waals surface area contributed by atoms with Gasteiger partial charge in [0.25, 0.3) is 0 Å². The zero-order valence-corrected chi connectivity index (χ0v) is 26.3. The predicted molar refractivity (Wildman–Crippen MR) is 197 cm³/mol. The third-order valence-corrected chi connectivity index (χ3v) is 9.05. The summed E-state index contributed by atoms with van der Waals surface area (Å²) in [7, 11) is 0. The van der Waals surface area contributed by atoms with Crippen molar-refractivity contribution in [2.24, 2.45) is 0 Å². The molecule has 9 rings (SSSR count). The largest absolute Gasteiger partial charge is 0.456 e. The molecule has 2 aromatic heterocycles. The lowest BCUT2D eigenvalue weighted by Gasteiger charge is -2.11. The molecule has 9 aromatic rings. The first kappa shape index (κ1) is 27.9. The summed E-state index contributed by atoms with van der Waals surface area (Å²) in [4.78, 5) is 15.2. The van der Waals surface area contributed by atoms with Crippen LogP contribution in [0.1, 0.15) is 5.56 Å². The highest BCUT2D eigenvalue weighted by Gasteiger charge is 2.18. The van der Waals surface area contributed by atoms with Gasteiger partial charge in [0.1, 0.15) is 11.2 Å². The highest BCUT2D eigenvalue weighted by Crippen LogP contribution is 2.38. The second kappa shape index (κ2) is 11.4. The Kier molecular flexibility index (Phi) is 6.65. The number of nitrogens with zero attached hydrogens (tertiary/aromatic N) is 3. The van der Waals surface area contributed by atoms with Gasteiger partial charge in [-0.05, 0) is 63.7 Å². The number of para-hydroxylation sites is 1. The van der Waals surface area contributed by atoms with Gasteiger partial charge >= 0.3 is 0 Å². The Labute approximate surface area is 278 Å². The molecule has 4 nitrogen and oxygen atoms in total. The molecule has 7 aromatic carbocycles. The summed E-state index contributed by atoms with van der Waals surface area (Å²) in [6, 6.07) is 54.7. The molecule has 0 amide bonds. The molecule has 0 atom stereocenters. The Morgan fingerprint density at radius 1 is 0.417 bits per heavy atom. The molecular weight excluding hydrogens is 587 g/mol. The second-order valence-corrected chi connectivity index (χ2v) is 12.1. The molecule has 0 aliphatic rings. The smallest absolute Gasteiger partial charge is 0.164 e. The van der Waals surface area contributed by atoms with Gasteiger partial charge < -0.3 is 4.42 Å². The Hall–Kier alpha value is -6.39. The lowest BCUT2D eigenvalue weighted by molar-refractivity contribution is 0.666. The van der Waals surface area contributed by atoms with Crippen LogP contribution < -0.4 is 0 Å². The van der Waals surface area contributed by atoms with E-state index in [1.807, 2.05) is 42.5 Å². The fourth-order valence-electron chi connectivity index (χ4n) is 6.58. The first-order valence-corrected chi connectivity index (χ1v) is 16.1. The maximum atomic E-state index is 6.32. The molecule has 0 radical (unpaired) electrons. The number of aromatic nitrogens is 3. The first-order valence-electron chi connectivity index (χ1n) is 16.1. The van der Waals surface area contributed by atoms with Gasteiger partial charge in [-0.15, -0.1) is 0 Å². The van der Waals surface area contributed by atoms with E-state index >= 15 is 0 Å². The summed E-state index contributed by atoms with van der Waals surface area (Å²) in [6.07, 6.45) is 0. The van der Waals surface area contributed by atoms with E-state index in [0.29, 0.717) is 17.5 Å². The van der Waals surface area contributed by atoms with E-state index in [4.69, 9.17) is 19.4 Å². The Balaban J connectivity index is 1.15. The van der Waals surface area contributed by atoms with Gasteiger partial charge in [0.2, 0.25) is 0 Å². The maximum Gasteiger partial charge on any atom is 0.164 e. The molecule has 0 unspecified atom stereocenters. The molecule has 0 fully saturated rings. The van der Waals surface area contributed by atoms with E-state index in [0.717, 1.165) is 55.3 Å². The number of rotatable bonds is 5. The third kappa shape index (κ3) is 4.91. The number of hydrogen-bond acceptors (Lipinski definition) is 4. The van der Waals surface area contributed by atoms with Crippen molar-refractivity contribution in [3.05, 3.63) is 163 Å². The minimum atomic E-state index is 0.610. The van der Waals surface area contributed by atoms with Crippen LogP contribution in [0.25, 0.3) is 89.1 Å². The second-order valence-electron chi connectivity index (χ2n) is 12.1. The van der Waals surface area contributed by atoms with E-state index in [-0.39, 0.29) is 0 Å². The Morgan fingerprint density at radius 3 is 1.83 bits per heavy atom. The van der Waals surface area contributed by atoms with Crippen molar-refractivity contribution < 1.29 is 4.42 Å². The lowest BCUT2D eigenvalue weighted by atomic mass is 9.97. The quantitative estimate of drug-likeness (QED) is 0.193. The average Bonchev–Trinajstić information content (AvgIpc) is 3.55. The van der Waals surface area contributed by atoms with E-state index in [1.54, 1.807) is 0 Å². The lowest BCUT2D eigenvalue weighted by Crippen LogP contribution is -2.00. The fraction of sp³-hybridized carbons (Fsp3) is 0.0227. The van der Waals surface area contributed by atoms with Crippen LogP contribution >= 0.6 is 0 Å². The summed E-state index contributed by atoms with van der Waals surface area (Å²) in [5.74, 6) is 1.86. The van der Waals surface area contributed by atoms with E-state index < -0.39 is 0 Å². The molecule has 0 spiro atoms. The zero-order chi connectivity index (χ0) is 32.0. The van der Waals surface area contributed by atoms with Crippen molar-refractivity contribution in [1.82, 2.24) is 15.0 Å². The summed E-state index contributed by atoms with van der Waals surface area (Å²) < 4.78 is 6.32. The Bertz CT molecular complexity index is 2620. The van der Waals surface area contributed by atoms with Crippen LogP contribution in [-0.2, 0) is 0 Å². The minimum absolute atomic E-state index is 0.610. The van der Waals surface area contributed by atoms with E-state index in [1.165, 1.54) is 21.9 Å². The predicted octanol–water partition coefficient (Wildman–Crippen LogP) is 11.6. The fourth-order valence-corrected chi connectivity index (χ4v) is 6.58. The molecule has 0 aliphatic heterocycles. The number of furan rings is 1. The number of hydrogen-bond donors (Lipinski definition) is 0. The molecule has 0 saturated heterocycles. The average molecular weight is 616 g/mol. The first-order chi connectivity index (χ1) is 23.7. The van der Waals surface area contributed by atoms with Crippen LogP contribution in [-0.4, -0.2) is 15.0 Å². The highest BCUT2D eigenvalue weighted by molar-refractivity contribution is 6.12. The Morgan fingerprint density at radius 2 is 1.02 bits per heavy atom. The normalized spacial score (nSPS) is 11.4. The van der Waals surface area contributed by atoms with Crippen LogP contribution in [0.4, 0.5) is 0 Å². The number of aryl methyl sites for hydroxylation is 1. The van der Waals surface area contributed by atoms with Crippen LogP contribution in [0, 0.1) is 6.92 Å². The highest BCUT2D eigenvalue weighted by atomic mass is 16.3. The number of benzene rings is 7. The third-order valence-electron chi connectivity index (χ3n) is 9.05. The molecule has 0 N–H and O–H groups in total. The van der Waals surface area contributed by atoms with Crippen LogP contribution in [0.5, 0.6) is 0 Å². The van der Waals surface area contributed by atoms with Crippen molar-refractivity contribution in [1.29, 1.82) is 0 Å². The topological polar surface area (TPSA) is 51.8 Å². The summed E-state index contributed by atoms with van der Waals surface area (Å²) in [6.45, 7) is 2.07. The monoisotopic (exact) mass is 615 g/mol. The van der Waals surface area contributed by atoms with Crippen LogP contribution in [0.2, 0.25) is 0 Å². The van der Waals surface area contributed by atoms with Gasteiger partial charge in [-0.25, -0.2) is 15.0 Å². The van der Waals surface area contributed by atoms with Crippen molar-refractivity contribution in [3.8, 4) is 56.4 Å². The molecule has 48 heavy (non-hydrogen) atoms. The molecule has 226 valence electrons. The van der Waals surface area contributed by atoms with Gasteiger partial charge in [-0.1, -0.05) is 140 Å². The minimum Gasteiger partial charge on any atom is -0.456 e. The van der Waals surface area contributed by atoms with Gasteiger partial charge in [0.05, 0.1) is 0 Å². The molecule has 4 heteroatoms. The van der Waals surface area contributed by atoms with E-state index in [2.05, 4.69) is 122 Å². The van der Waals surface area contributed by atoms with Crippen LogP contribution in [0.15, 0.2) is 162 Å². The molecule has 0 aliphatic carbocycles. The zero-order valence-electron chi connectivity index (χ0n) is 26.3. The van der Waals surface area contributed by atoms with Crippen molar-refractivity contribution in [2.45, 2.75) is 6.92 Å². The van der Waals surface area contributed by atoms with Gasteiger partial charge in [-0.3, -0.25) is 0 Å². The van der Waals surface area contributed by atoms with Crippen LogP contribution in [0.3, 0.4) is 0 Å². The summed E-state index contributed by atoms with van der Waals surface area (Å²) in [5, 5.41) is 4.55. The van der Waals surface area contributed by atoms with Gasteiger partial charge in [-0.2, -0.15) is 0 Å². The van der Waals surface area contributed by atoms with Gasteiger partial charge in [0.15, 0.2) is 17.5 Å². The maximum absolute atomic E-state index is 6.32. The van der Waals surface area contributed by atoms with Gasteiger partial charge in [0, 0.05) is 27.5 Å².